The molecular weight excluding hydrogens is 286 g/mol. The van der Waals surface area contributed by atoms with E-state index in [1.54, 1.807) is 6.92 Å². The number of hydrogen-bond donors (Lipinski definition) is 1. The van der Waals surface area contributed by atoms with E-state index in [2.05, 4.69) is 21.2 Å². The van der Waals surface area contributed by atoms with Gasteiger partial charge in [0.15, 0.2) is 0 Å². The van der Waals surface area contributed by atoms with Crippen LogP contribution in [0.4, 0.5) is 0 Å². The van der Waals surface area contributed by atoms with Crippen molar-refractivity contribution in [2.75, 3.05) is 6.61 Å². The molecule has 1 rings (SSSR count). The molecule has 98 valence electrons. The lowest BCUT2D eigenvalue weighted by Gasteiger charge is -2.20. The maximum absolute atomic E-state index is 11.8. The predicted octanol–water partition coefficient (Wildman–Crippen LogP) is 2.15. The fraction of sp³-hybridized carbons (Fsp3) is 0.833. The maximum atomic E-state index is 11.8. The molecule has 1 heterocycles. The molecule has 1 N–H and O–H groups in total. The fourth-order valence-corrected chi connectivity index (χ4v) is 2.37. The van der Waals surface area contributed by atoms with Gasteiger partial charge in [-0.15, -0.1) is 0 Å². The Morgan fingerprint density at radius 1 is 1.35 bits per heavy atom. The summed E-state index contributed by atoms with van der Waals surface area (Å²) >= 11 is 3.35. The van der Waals surface area contributed by atoms with Crippen LogP contribution in [0.3, 0.4) is 0 Å². The molecule has 1 fully saturated rings. The van der Waals surface area contributed by atoms with E-state index in [9.17, 15) is 9.59 Å². The van der Waals surface area contributed by atoms with Crippen molar-refractivity contribution in [3.63, 3.8) is 0 Å². The summed E-state index contributed by atoms with van der Waals surface area (Å²) in [6.07, 6.45) is 5.71. The second kappa shape index (κ2) is 7.69. The number of nitrogens with one attached hydrogen (secondary N) is 1. The average Bonchev–Trinajstić information content (AvgIpc) is 2.31. The van der Waals surface area contributed by atoms with E-state index in [-0.39, 0.29) is 16.7 Å². The molecular formula is C12H20BrNO3. The monoisotopic (exact) mass is 305 g/mol. The van der Waals surface area contributed by atoms with E-state index in [4.69, 9.17) is 4.74 Å². The summed E-state index contributed by atoms with van der Waals surface area (Å²) in [6.45, 7) is 2.12. The van der Waals surface area contributed by atoms with Crippen molar-refractivity contribution in [3.8, 4) is 0 Å². The standard InChI is InChI=1S/C12H20BrNO3/c1-2-17-12(16)10-8-6-4-3-5-7-9(13)11(15)14-10/h9-10H,2-8H2,1H3,(H,14,15)/t9-,10-/m0/s1. The summed E-state index contributed by atoms with van der Waals surface area (Å²) < 4.78 is 4.96. The number of hydrogen-bond acceptors (Lipinski definition) is 3. The summed E-state index contributed by atoms with van der Waals surface area (Å²) in [4.78, 5) is 23.2. The van der Waals surface area contributed by atoms with Gasteiger partial charge in [-0.2, -0.15) is 0 Å². The molecule has 0 aromatic heterocycles. The van der Waals surface area contributed by atoms with E-state index in [0.29, 0.717) is 13.0 Å². The molecule has 2 atom stereocenters. The van der Waals surface area contributed by atoms with Crippen LogP contribution < -0.4 is 5.32 Å². The van der Waals surface area contributed by atoms with Crippen molar-refractivity contribution in [1.82, 2.24) is 5.32 Å². The Balaban J connectivity index is 2.59. The molecule has 17 heavy (non-hydrogen) atoms. The topological polar surface area (TPSA) is 55.4 Å². The van der Waals surface area contributed by atoms with Gasteiger partial charge < -0.3 is 10.1 Å². The number of halogens is 1. The molecule has 0 unspecified atom stereocenters. The lowest BCUT2D eigenvalue weighted by molar-refractivity contribution is -0.147. The Morgan fingerprint density at radius 2 is 2.00 bits per heavy atom. The van der Waals surface area contributed by atoms with Gasteiger partial charge in [0.1, 0.15) is 6.04 Å². The van der Waals surface area contributed by atoms with Crippen molar-refractivity contribution >= 4 is 27.8 Å². The lowest BCUT2D eigenvalue weighted by Crippen LogP contribution is -2.45. The average molecular weight is 306 g/mol. The molecule has 0 aliphatic carbocycles. The number of carbonyl (C=O) groups excluding carboxylic acids is 2. The zero-order valence-electron chi connectivity index (χ0n) is 10.2. The van der Waals surface area contributed by atoms with Crippen molar-refractivity contribution in [3.05, 3.63) is 0 Å². The molecule has 0 spiro atoms. The van der Waals surface area contributed by atoms with Crippen LogP contribution in [0, 0.1) is 0 Å². The SMILES string of the molecule is CCOC(=O)[C@@H]1CCCCCC[C@H](Br)C(=O)N1. The van der Waals surface area contributed by atoms with Crippen molar-refractivity contribution < 1.29 is 14.3 Å². The highest BCUT2D eigenvalue weighted by molar-refractivity contribution is 9.10. The van der Waals surface area contributed by atoms with E-state index < -0.39 is 6.04 Å². The first-order valence-electron chi connectivity index (χ1n) is 6.26. The minimum atomic E-state index is -0.486. The predicted molar refractivity (Wildman–Crippen MR) is 69.0 cm³/mol. The Kier molecular flexibility index (Phi) is 6.55. The highest BCUT2D eigenvalue weighted by Gasteiger charge is 2.25. The van der Waals surface area contributed by atoms with Crippen molar-refractivity contribution in [1.29, 1.82) is 0 Å². The van der Waals surface area contributed by atoms with Crippen molar-refractivity contribution in [2.24, 2.45) is 0 Å². The third-order valence-corrected chi connectivity index (χ3v) is 3.75. The molecule has 1 aliphatic rings. The largest absolute Gasteiger partial charge is 0.464 e. The van der Waals surface area contributed by atoms with Gasteiger partial charge in [0.2, 0.25) is 5.91 Å². The zero-order chi connectivity index (χ0) is 12.7. The number of carbonyl (C=O) groups is 2. The number of amides is 1. The van der Waals surface area contributed by atoms with Crippen LogP contribution in [-0.2, 0) is 14.3 Å². The number of ether oxygens (including phenoxy) is 1. The fourth-order valence-electron chi connectivity index (χ4n) is 1.91. The van der Waals surface area contributed by atoms with Gasteiger partial charge in [-0.25, -0.2) is 4.79 Å². The number of rotatable bonds is 2. The summed E-state index contributed by atoms with van der Waals surface area (Å²) in [5.74, 6) is -0.425. The minimum Gasteiger partial charge on any atom is -0.464 e. The molecule has 4 nitrogen and oxygen atoms in total. The Labute approximate surface area is 111 Å². The third kappa shape index (κ3) is 5.06. The van der Waals surface area contributed by atoms with Gasteiger partial charge in [0.25, 0.3) is 0 Å². The quantitative estimate of drug-likeness (QED) is 0.628. The first-order valence-corrected chi connectivity index (χ1v) is 7.17. The van der Waals surface area contributed by atoms with Gasteiger partial charge in [0, 0.05) is 0 Å². The van der Waals surface area contributed by atoms with Gasteiger partial charge in [-0.1, -0.05) is 41.6 Å². The van der Waals surface area contributed by atoms with Crippen LogP contribution in [0.5, 0.6) is 0 Å². The summed E-state index contributed by atoms with van der Waals surface area (Å²) in [7, 11) is 0. The molecule has 0 bridgehead atoms. The van der Waals surface area contributed by atoms with E-state index in [0.717, 1.165) is 32.1 Å². The van der Waals surface area contributed by atoms with Crippen LogP contribution in [0.25, 0.3) is 0 Å². The summed E-state index contributed by atoms with van der Waals surface area (Å²) in [5, 5.41) is 2.76. The van der Waals surface area contributed by atoms with E-state index in [1.165, 1.54) is 0 Å². The van der Waals surface area contributed by atoms with Crippen LogP contribution in [0.15, 0.2) is 0 Å². The molecule has 0 aromatic rings. The number of alkyl halides is 1. The van der Waals surface area contributed by atoms with Gasteiger partial charge in [-0.3, -0.25) is 4.79 Å². The highest BCUT2D eigenvalue weighted by Crippen LogP contribution is 2.16. The van der Waals surface area contributed by atoms with Crippen LogP contribution in [-0.4, -0.2) is 29.4 Å². The molecule has 0 saturated carbocycles. The van der Waals surface area contributed by atoms with E-state index >= 15 is 0 Å². The second-order valence-corrected chi connectivity index (χ2v) is 5.38. The molecule has 1 aliphatic heterocycles. The first kappa shape index (κ1) is 14.5. The van der Waals surface area contributed by atoms with Crippen LogP contribution in [0.2, 0.25) is 0 Å². The molecule has 5 heteroatoms. The third-order valence-electron chi connectivity index (χ3n) is 2.87. The van der Waals surface area contributed by atoms with Crippen LogP contribution in [0.1, 0.15) is 45.4 Å². The number of esters is 1. The zero-order valence-corrected chi connectivity index (χ0v) is 11.8. The maximum Gasteiger partial charge on any atom is 0.328 e. The van der Waals surface area contributed by atoms with Crippen molar-refractivity contribution in [2.45, 2.75) is 56.3 Å². The minimum absolute atomic E-state index is 0.107. The molecule has 1 amide bonds. The van der Waals surface area contributed by atoms with Crippen LogP contribution >= 0.6 is 15.9 Å². The Hall–Kier alpha value is -0.580. The Bertz CT molecular complexity index is 270. The van der Waals surface area contributed by atoms with Gasteiger partial charge >= 0.3 is 5.97 Å². The van der Waals surface area contributed by atoms with Gasteiger partial charge in [0.05, 0.1) is 11.4 Å². The second-order valence-electron chi connectivity index (χ2n) is 4.27. The lowest BCUT2D eigenvalue weighted by atomic mass is 10.0. The smallest absolute Gasteiger partial charge is 0.328 e. The Morgan fingerprint density at radius 3 is 2.65 bits per heavy atom. The first-order chi connectivity index (χ1) is 8.15. The summed E-state index contributed by atoms with van der Waals surface area (Å²) in [6, 6.07) is -0.486. The summed E-state index contributed by atoms with van der Waals surface area (Å²) in [5.41, 5.74) is 0. The molecule has 0 aromatic carbocycles. The highest BCUT2D eigenvalue weighted by atomic mass is 79.9. The molecule has 0 radical (unpaired) electrons. The van der Waals surface area contributed by atoms with E-state index in [1.807, 2.05) is 0 Å². The van der Waals surface area contributed by atoms with Gasteiger partial charge in [-0.05, 0) is 19.8 Å². The normalized spacial score (nSPS) is 27.1. The molecule has 1 saturated heterocycles.